The van der Waals surface area contributed by atoms with Crippen LogP contribution in [0.4, 0.5) is 0 Å². The lowest BCUT2D eigenvalue weighted by atomic mass is 9.87. The van der Waals surface area contributed by atoms with Crippen molar-refractivity contribution < 1.29 is 23.7 Å². The smallest absolute Gasteiger partial charge is 0.184 e. The fourth-order valence-electron chi connectivity index (χ4n) is 3.52. The zero-order valence-corrected chi connectivity index (χ0v) is 12.0. The number of hydrogen-bond acceptors (Lipinski definition) is 5. The summed E-state index contributed by atoms with van der Waals surface area (Å²) in [4.78, 5) is 0. The molecule has 1 aromatic carbocycles. The Bertz CT molecular complexity index is 479. The summed E-state index contributed by atoms with van der Waals surface area (Å²) >= 11 is 0. The molecule has 0 amide bonds. The summed E-state index contributed by atoms with van der Waals surface area (Å²) in [6.07, 6.45) is 0.221. The molecule has 5 nitrogen and oxygen atoms in total. The number of rotatable bonds is 2. The molecule has 0 saturated carbocycles. The Morgan fingerprint density at radius 3 is 2.71 bits per heavy atom. The van der Waals surface area contributed by atoms with Crippen LogP contribution in [0.5, 0.6) is 0 Å². The summed E-state index contributed by atoms with van der Waals surface area (Å²) < 4.78 is 29.2. The van der Waals surface area contributed by atoms with Crippen molar-refractivity contribution in [2.75, 3.05) is 20.3 Å². The molecule has 0 bridgehead atoms. The molecule has 3 aliphatic rings. The van der Waals surface area contributed by atoms with Gasteiger partial charge in [-0.05, 0) is 6.42 Å². The highest BCUT2D eigenvalue weighted by Gasteiger charge is 2.52. The average Bonchev–Trinajstić information content (AvgIpc) is 3.04. The van der Waals surface area contributed by atoms with Crippen molar-refractivity contribution >= 4 is 0 Å². The maximum absolute atomic E-state index is 6.20. The van der Waals surface area contributed by atoms with Gasteiger partial charge in [0.25, 0.3) is 0 Å². The van der Waals surface area contributed by atoms with E-state index in [1.165, 1.54) is 0 Å². The van der Waals surface area contributed by atoms with Gasteiger partial charge in [0.1, 0.15) is 12.2 Å². The molecule has 3 aliphatic heterocycles. The summed E-state index contributed by atoms with van der Waals surface area (Å²) in [6.45, 7) is 1.26. The number of ether oxygens (including phenoxy) is 5. The van der Waals surface area contributed by atoms with E-state index in [1.807, 2.05) is 30.3 Å². The highest BCUT2D eigenvalue weighted by molar-refractivity contribution is 5.16. The highest BCUT2D eigenvalue weighted by atomic mass is 16.8. The third-order valence-electron chi connectivity index (χ3n) is 4.55. The van der Waals surface area contributed by atoms with Crippen molar-refractivity contribution in [1.29, 1.82) is 0 Å². The van der Waals surface area contributed by atoms with Gasteiger partial charge in [0.05, 0.1) is 12.7 Å². The Hall–Kier alpha value is -0.980. The van der Waals surface area contributed by atoms with E-state index >= 15 is 0 Å². The van der Waals surface area contributed by atoms with Gasteiger partial charge in [-0.3, -0.25) is 0 Å². The minimum atomic E-state index is -0.323. The van der Waals surface area contributed by atoms with Crippen molar-refractivity contribution in [3.63, 3.8) is 0 Å². The summed E-state index contributed by atoms with van der Waals surface area (Å²) in [7, 11) is 1.65. The van der Waals surface area contributed by atoms with Crippen LogP contribution in [-0.4, -0.2) is 44.9 Å². The largest absolute Gasteiger partial charge is 0.373 e. The Morgan fingerprint density at radius 2 is 1.90 bits per heavy atom. The molecule has 0 N–H and O–H groups in total. The zero-order chi connectivity index (χ0) is 14.2. The van der Waals surface area contributed by atoms with Crippen molar-refractivity contribution in [3.05, 3.63) is 35.9 Å². The van der Waals surface area contributed by atoms with Gasteiger partial charge in [-0.2, -0.15) is 0 Å². The molecule has 6 atom stereocenters. The molecule has 3 heterocycles. The molecule has 0 spiro atoms. The number of fused-ring (bicyclic) bond motifs is 3. The molecule has 3 fully saturated rings. The van der Waals surface area contributed by atoms with Crippen molar-refractivity contribution in [2.24, 2.45) is 5.92 Å². The molecule has 0 aliphatic carbocycles. The van der Waals surface area contributed by atoms with Crippen LogP contribution in [-0.2, 0) is 23.7 Å². The Morgan fingerprint density at radius 1 is 1.05 bits per heavy atom. The lowest BCUT2D eigenvalue weighted by Crippen LogP contribution is -2.57. The maximum atomic E-state index is 6.20. The number of hydrogen-bond donors (Lipinski definition) is 0. The third kappa shape index (κ3) is 2.39. The van der Waals surface area contributed by atoms with Gasteiger partial charge in [0.2, 0.25) is 0 Å². The summed E-state index contributed by atoms with van der Waals surface area (Å²) in [5.74, 6) is 0.309. The first-order valence-corrected chi connectivity index (χ1v) is 7.48. The lowest BCUT2D eigenvalue weighted by molar-refractivity contribution is -0.344. The predicted molar refractivity (Wildman–Crippen MR) is 73.5 cm³/mol. The molecule has 21 heavy (non-hydrogen) atoms. The molecule has 1 unspecified atom stereocenters. The van der Waals surface area contributed by atoms with E-state index in [9.17, 15) is 0 Å². The minimum Gasteiger partial charge on any atom is -0.373 e. The highest BCUT2D eigenvalue weighted by Crippen LogP contribution is 2.41. The van der Waals surface area contributed by atoms with Gasteiger partial charge in [0, 0.05) is 25.2 Å². The van der Waals surface area contributed by atoms with Gasteiger partial charge in [-0.25, -0.2) is 0 Å². The van der Waals surface area contributed by atoms with Crippen LogP contribution in [0.15, 0.2) is 30.3 Å². The van der Waals surface area contributed by atoms with Gasteiger partial charge in [-0.1, -0.05) is 30.3 Å². The summed E-state index contributed by atoms with van der Waals surface area (Å²) in [5, 5.41) is 0. The normalized spacial score (nSPS) is 42.3. The molecule has 3 saturated heterocycles. The van der Waals surface area contributed by atoms with Gasteiger partial charge in [0.15, 0.2) is 12.6 Å². The fourth-order valence-corrected chi connectivity index (χ4v) is 3.52. The molecule has 1 aromatic rings. The SMILES string of the molecule is CO[C@H]1O[C@@H]2COC(c3ccccc3)O[C@H]2[C@H]2CCO[C@@H]12. The molecule has 5 heteroatoms. The van der Waals surface area contributed by atoms with E-state index < -0.39 is 0 Å². The molecule has 114 valence electrons. The first-order valence-electron chi connectivity index (χ1n) is 7.48. The van der Waals surface area contributed by atoms with Gasteiger partial charge >= 0.3 is 0 Å². The topological polar surface area (TPSA) is 46.2 Å². The number of methoxy groups -OCH3 is 1. The van der Waals surface area contributed by atoms with Crippen LogP contribution in [0.1, 0.15) is 18.3 Å². The Labute approximate surface area is 124 Å². The van der Waals surface area contributed by atoms with E-state index in [0.29, 0.717) is 12.5 Å². The van der Waals surface area contributed by atoms with Crippen molar-refractivity contribution in [2.45, 2.75) is 37.3 Å². The molecule has 4 rings (SSSR count). The maximum Gasteiger partial charge on any atom is 0.184 e. The second-order valence-electron chi connectivity index (χ2n) is 5.74. The zero-order valence-electron chi connectivity index (χ0n) is 12.0. The monoisotopic (exact) mass is 292 g/mol. The van der Waals surface area contributed by atoms with Crippen LogP contribution < -0.4 is 0 Å². The Balaban J connectivity index is 1.54. The molecule has 0 radical (unpaired) electrons. The molecular weight excluding hydrogens is 272 g/mol. The predicted octanol–water partition coefficient (Wildman–Crippen LogP) is 1.88. The van der Waals surface area contributed by atoms with Crippen molar-refractivity contribution in [3.8, 4) is 0 Å². The summed E-state index contributed by atoms with van der Waals surface area (Å²) in [5.41, 5.74) is 1.04. The number of benzene rings is 1. The van der Waals surface area contributed by atoms with E-state index in [1.54, 1.807) is 7.11 Å². The van der Waals surface area contributed by atoms with Crippen LogP contribution in [0, 0.1) is 5.92 Å². The van der Waals surface area contributed by atoms with Crippen LogP contribution in [0.3, 0.4) is 0 Å². The first-order chi connectivity index (χ1) is 10.4. The van der Waals surface area contributed by atoms with Gasteiger partial charge < -0.3 is 23.7 Å². The average molecular weight is 292 g/mol. The third-order valence-corrected chi connectivity index (χ3v) is 4.55. The molecule has 0 aromatic heterocycles. The molecular formula is C16H20O5. The minimum absolute atomic E-state index is 0.00264. The second kappa shape index (κ2) is 5.66. The first kappa shape index (κ1) is 13.7. The van der Waals surface area contributed by atoms with Crippen LogP contribution in [0.25, 0.3) is 0 Å². The quantitative estimate of drug-likeness (QED) is 0.833. The van der Waals surface area contributed by atoms with Crippen molar-refractivity contribution in [1.82, 2.24) is 0 Å². The Kier molecular flexibility index (Phi) is 3.69. The van der Waals surface area contributed by atoms with Crippen LogP contribution in [0.2, 0.25) is 0 Å². The van der Waals surface area contributed by atoms with E-state index in [-0.39, 0.29) is 30.9 Å². The van der Waals surface area contributed by atoms with E-state index in [0.717, 1.165) is 18.6 Å². The standard InChI is InChI=1S/C16H20O5/c1-17-16-14-11(7-8-18-14)13-12(20-16)9-19-15(21-13)10-5-3-2-4-6-10/h2-6,11-16H,7-9H2,1H3/t11-,12-,13+,14-,15?,16+/m1/s1. The fraction of sp³-hybridized carbons (Fsp3) is 0.625. The van der Waals surface area contributed by atoms with E-state index in [2.05, 4.69) is 0 Å². The van der Waals surface area contributed by atoms with Crippen LogP contribution >= 0.6 is 0 Å². The van der Waals surface area contributed by atoms with E-state index in [4.69, 9.17) is 23.7 Å². The van der Waals surface area contributed by atoms with Gasteiger partial charge in [-0.15, -0.1) is 0 Å². The second-order valence-corrected chi connectivity index (χ2v) is 5.74. The lowest BCUT2D eigenvalue weighted by Gasteiger charge is -2.46. The summed E-state index contributed by atoms with van der Waals surface area (Å²) in [6, 6.07) is 10.0.